The van der Waals surface area contributed by atoms with Gasteiger partial charge in [0.1, 0.15) is 11.6 Å². The first-order valence-corrected chi connectivity index (χ1v) is 13.1. The molecular weight excluding hydrogens is 539 g/mol. The Morgan fingerprint density at radius 2 is 2.03 bits per heavy atom. The van der Waals surface area contributed by atoms with Crippen LogP contribution in [0.3, 0.4) is 0 Å². The number of H-pyrrole nitrogens is 1. The number of halogens is 2. The Balaban J connectivity index is 1.19. The predicted molar refractivity (Wildman–Crippen MR) is 144 cm³/mol. The molecule has 3 atom stereocenters. The van der Waals surface area contributed by atoms with Crippen molar-refractivity contribution in [2.45, 2.75) is 25.3 Å². The highest BCUT2D eigenvalue weighted by Gasteiger charge is 2.55. The molecule has 10 nitrogen and oxygen atoms in total. The summed E-state index contributed by atoms with van der Waals surface area (Å²) in [5.74, 6) is 1.96. The van der Waals surface area contributed by atoms with E-state index in [1.807, 2.05) is 37.4 Å². The number of nitrogens with zero attached hydrogens (tertiary/aromatic N) is 7. The fraction of sp³-hybridized carbons (Fsp3) is 0.185. The number of fused-ring (bicyclic) bond motifs is 4. The number of aromatic nitrogens is 8. The first-order chi connectivity index (χ1) is 18.9. The quantitative estimate of drug-likeness (QED) is 0.311. The van der Waals surface area contributed by atoms with Gasteiger partial charge in [-0.3, -0.25) is 9.36 Å². The van der Waals surface area contributed by atoms with Crippen LogP contribution in [-0.2, 0) is 0 Å². The summed E-state index contributed by atoms with van der Waals surface area (Å²) in [6.45, 7) is 1.91. The molecule has 3 unspecified atom stereocenters. The van der Waals surface area contributed by atoms with Crippen molar-refractivity contribution in [2.75, 3.05) is 0 Å². The number of imidazole rings is 1. The van der Waals surface area contributed by atoms with Gasteiger partial charge in [-0.05, 0) is 49.6 Å². The van der Waals surface area contributed by atoms with E-state index in [-0.39, 0.29) is 28.6 Å². The zero-order valence-corrected chi connectivity index (χ0v) is 21.9. The largest absolute Gasteiger partial charge is 0.356 e. The fourth-order valence-corrected chi connectivity index (χ4v) is 6.03. The molecule has 192 valence electrons. The third-order valence-corrected chi connectivity index (χ3v) is 8.03. The van der Waals surface area contributed by atoms with E-state index >= 15 is 0 Å². The van der Waals surface area contributed by atoms with Crippen LogP contribution in [0, 0.1) is 12.8 Å². The van der Waals surface area contributed by atoms with Gasteiger partial charge in [0.2, 0.25) is 0 Å². The van der Waals surface area contributed by atoms with Crippen molar-refractivity contribution in [1.29, 1.82) is 0 Å². The number of rotatable bonds is 4. The molecule has 12 heteroatoms. The summed E-state index contributed by atoms with van der Waals surface area (Å²) < 4.78 is 8.77. The molecule has 1 fully saturated rings. The van der Waals surface area contributed by atoms with E-state index in [1.54, 1.807) is 33.6 Å². The molecule has 8 rings (SSSR count). The minimum atomic E-state index is -0.162. The molecule has 1 N–H and O–H groups in total. The molecule has 0 radical (unpaired) electrons. The van der Waals surface area contributed by atoms with Crippen LogP contribution in [-0.4, -0.2) is 39.7 Å². The third kappa shape index (κ3) is 3.48. The summed E-state index contributed by atoms with van der Waals surface area (Å²) in [5.41, 5.74) is 5.06. The number of hydrogen-bond acceptors (Lipinski definition) is 7. The average Bonchev–Trinajstić information content (AvgIpc) is 3.28. The van der Waals surface area contributed by atoms with Gasteiger partial charge in [-0.1, -0.05) is 39.6 Å². The Hall–Kier alpha value is -4.28. The second-order valence-corrected chi connectivity index (χ2v) is 10.8. The summed E-state index contributed by atoms with van der Waals surface area (Å²) in [4.78, 5) is 26.6. The van der Waals surface area contributed by atoms with Gasteiger partial charge >= 0.3 is 0 Å². The molecule has 2 aliphatic rings. The molecule has 0 amide bonds. The molecule has 5 heterocycles. The molecule has 1 saturated carbocycles. The van der Waals surface area contributed by atoms with E-state index in [9.17, 15) is 4.79 Å². The molecule has 6 aromatic rings. The third-order valence-electron chi connectivity index (χ3n) is 7.62. The predicted octanol–water partition coefficient (Wildman–Crippen LogP) is 5.34. The van der Waals surface area contributed by atoms with Gasteiger partial charge in [0.05, 0.1) is 41.2 Å². The monoisotopic (exact) mass is 556 g/mol. The van der Waals surface area contributed by atoms with Crippen LogP contribution in [0.2, 0.25) is 10.2 Å². The number of aromatic amines is 1. The van der Waals surface area contributed by atoms with Crippen molar-refractivity contribution < 1.29 is 4.52 Å². The average molecular weight is 557 g/mol. The van der Waals surface area contributed by atoms with E-state index < -0.39 is 0 Å². The first kappa shape index (κ1) is 22.7. The second kappa shape index (κ2) is 8.11. The Bertz CT molecular complexity index is 2000. The molecule has 0 spiro atoms. The smallest absolute Gasteiger partial charge is 0.254 e. The lowest BCUT2D eigenvalue weighted by Gasteiger charge is -2.17. The molecule has 2 aromatic carbocycles. The van der Waals surface area contributed by atoms with Gasteiger partial charge < -0.3 is 9.51 Å². The number of benzene rings is 2. The molecule has 1 aliphatic heterocycles. The molecule has 0 saturated heterocycles. The zero-order chi connectivity index (χ0) is 26.4. The SMILES string of the molecule is Cc1noc2cc(-c3ncc(C4C5CC5c5nc(-c6cc(Cl)ccc6-n6cc(Cl)nn6)cc(=O)n54)[nH]3)ccc12. The molecule has 4 aromatic heterocycles. The Morgan fingerprint density at radius 3 is 2.87 bits per heavy atom. The fourth-order valence-electron chi connectivity index (χ4n) is 5.73. The summed E-state index contributed by atoms with van der Waals surface area (Å²) >= 11 is 12.3. The van der Waals surface area contributed by atoms with Gasteiger partial charge in [0.25, 0.3) is 5.56 Å². The lowest BCUT2D eigenvalue weighted by Crippen LogP contribution is -2.27. The van der Waals surface area contributed by atoms with Crippen LogP contribution in [0.1, 0.15) is 35.6 Å². The minimum absolute atomic E-state index is 0.135. The van der Waals surface area contributed by atoms with Gasteiger partial charge in [-0.2, -0.15) is 0 Å². The van der Waals surface area contributed by atoms with Crippen molar-refractivity contribution in [2.24, 2.45) is 5.92 Å². The maximum absolute atomic E-state index is 13.6. The summed E-state index contributed by atoms with van der Waals surface area (Å²) in [5, 5.41) is 13.7. The highest BCUT2D eigenvalue weighted by atomic mass is 35.5. The molecular formula is C27H18Cl2N8O2. The zero-order valence-electron chi connectivity index (χ0n) is 20.3. The molecule has 0 bridgehead atoms. The summed E-state index contributed by atoms with van der Waals surface area (Å²) in [6.07, 6.45) is 4.36. The number of nitrogens with one attached hydrogen (secondary N) is 1. The molecule has 39 heavy (non-hydrogen) atoms. The lowest BCUT2D eigenvalue weighted by atomic mass is 10.1. The van der Waals surface area contributed by atoms with Crippen LogP contribution >= 0.6 is 23.2 Å². The van der Waals surface area contributed by atoms with Crippen LogP contribution in [0.5, 0.6) is 0 Å². The standard InChI is InChI=1S/C27H18Cl2N8O2/c1-12-15-4-2-13(6-22(15)39-34-12)26-30-10-20(31-26)25-16-8-17(16)27-32-19(9-24(38)37(25)27)18-7-14(28)3-5-21(18)36-11-23(29)33-35-36/h2-7,9-11,16-17,25H,8H2,1H3,(H,30,31). The second-order valence-electron chi connectivity index (χ2n) is 9.97. The number of hydrogen-bond donors (Lipinski definition) is 1. The molecule has 1 aliphatic carbocycles. The van der Waals surface area contributed by atoms with Crippen LogP contribution in [0.25, 0.3) is 39.3 Å². The Labute approximate surface area is 230 Å². The van der Waals surface area contributed by atoms with Crippen molar-refractivity contribution in [3.8, 4) is 28.3 Å². The van der Waals surface area contributed by atoms with Gasteiger partial charge in [-0.25, -0.2) is 14.6 Å². The lowest BCUT2D eigenvalue weighted by molar-refractivity contribution is 0.450. The summed E-state index contributed by atoms with van der Waals surface area (Å²) in [7, 11) is 0. The van der Waals surface area contributed by atoms with Gasteiger partial charge in [0.15, 0.2) is 10.7 Å². The summed E-state index contributed by atoms with van der Waals surface area (Å²) in [6, 6.07) is 12.6. The van der Waals surface area contributed by atoms with Crippen LogP contribution in [0.15, 0.2) is 64.2 Å². The van der Waals surface area contributed by atoms with Gasteiger partial charge in [0, 0.05) is 33.5 Å². The van der Waals surface area contributed by atoms with E-state index in [2.05, 4.69) is 25.4 Å². The van der Waals surface area contributed by atoms with Crippen molar-refractivity contribution >= 4 is 34.2 Å². The van der Waals surface area contributed by atoms with Crippen LogP contribution in [0.4, 0.5) is 0 Å². The van der Waals surface area contributed by atoms with Crippen LogP contribution < -0.4 is 5.56 Å². The van der Waals surface area contributed by atoms with E-state index in [1.165, 1.54) is 0 Å². The topological polar surface area (TPSA) is 120 Å². The van der Waals surface area contributed by atoms with E-state index in [0.717, 1.165) is 34.6 Å². The van der Waals surface area contributed by atoms with Gasteiger partial charge in [-0.15, -0.1) is 5.10 Å². The first-order valence-electron chi connectivity index (χ1n) is 12.4. The van der Waals surface area contributed by atoms with E-state index in [0.29, 0.717) is 33.4 Å². The van der Waals surface area contributed by atoms with E-state index in [4.69, 9.17) is 32.7 Å². The van der Waals surface area contributed by atoms with Crippen molar-refractivity contribution in [3.63, 3.8) is 0 Å². The number of aryl methyl sites for hydroxylation is 1. The maximum Gasteiger partial charge on any atom is 0.254 e. The highest BCUT2D eigenvalue weighted by Crippen LogP contribution is 2.60. The Kier molecular flexibility index (Phi) is 4.72. The Morgan fingerprint density at radius 1 is 1.13 bits per heavy atom. The van der Waals surface area contributed by atoms with Crippen molar-refractivity contribution in [3.05, 3.63) is 92.6 Å². The maximum atomic E-state index is 13.6. The normalized spacial score (nSPS) is 19.4. The minimum Gasteiger partial charge on any atom is -0.356 e. The highest BCUT2D eigenvalue weighted by molar-refractivity contribution is 6.31. The van der Waals surface area contributed by atoms with Crippen molar-refractivity contribution in [1.82, 2.24) is 39.7 Å².